The zero-order valence-electron chi connectivity index (χ0n) is 9.64. The molecule has 2 N–H and O–H groups in total. The van der Waals surface area contributed by atoms with Crippen LogP contribution in [-0.4, -0.2) is 11.8 Å². The van der Waals surface area contributed by atoms with Gasteiger partial charge in [-0.1, -0.05) is 23.9 Å². The van der Waals surface area contributed by atoms with E-state index in [1.54, 1.807) is 6.07 Å². The van der Waals surface area contributed by atoms with Gasteiger partial charge in [-0.3, -0.25) is 0 Å². The lowest BCUT2D eigenvalue weighted by molar-refractivity contribution is 0.353. The van der Waals surface area contributed by atoms with Gasteiger partial charge in [0.15, 0.2) is 0 Å². The van der Waals surface area contributed by atoms with Crippen LogP contribution in [0.5, 0.6) is 5.75 Å². The second-order valence-corrected chi connectivity index (χ2v) is 3.89. The SMILES string of the molecule is C=C(C)COc1cccc(-c2cc(N)on2)c1. The molecule has 0 spiro atoms. The van der Waals surface area contributed by atoms with Gasteiger partial charge in [-0.15, -0.1) is 0 Å². The standard InChI is InChI=1S/C13H14N2O2/c1-9(2)8-16-11-5-3-4-10(6-11)12-7-13(14)17-15-12/h3-7H,1,8,14H2,2H3. The Balaban J connectivity index is 2.19. The van der Waals surface area contributed by atoms with E-state index in [1.165, 1.54) is 0 Å². The van der Waals surface area contributed by atoms with E-state index >= 15 is 0 Å². The molecule has 0 aliphatic carbocycles. The monoisotopic (exact) mass is 230 g/mol. The Morgan fingerprint density at radius 2 is 2.29 bits per heavy atom. The minimum atomic E-state index is 0.299. The number of nitrogen functional groups attached to an aromatic ring is 1. The summed E-state index contributed by atoms with van der Waals surface area (Å²) in [5.74, 6) is 1.07. The molecule has 0 atom stereocenters. The van der Waals surface area contributed by atoms with Gasteiger partial charge in [0.2, 0.25) is 5.88 Å². The van der Waals surface area contributed by atoms with E-state index in [4.69, 9.17) is 15.0 Å². The molecule has 2 aromatic rings. The summed E-state index contributed by atoms with van der Waals surface area (Å²) >= 11 is 0. The first-order valence-corrected chi connectivity index (χ1v) is 5.25. The molecule has 88 valence electrons. The highest BCUT2D eigenvalue weighted by Crippen LogP contribution is 2.24. The Morgan fingerprint density at radius 3 is 2.94 bits per heavy atom. The van der Waals surface area contributed by atoms with Gasteiger partial charge in [-0.05, 0) is 24.6 Å². The molecule has 0 saturated heterocycles. The molecule has 1 aromatic carbocycles. The first-order chi connectivity index (χ1) is 8.15. The summed E-state index contributed by atoms with van der Waals surface area (Å²) in [5, 5.41) is 3.85. The summed E-state index contributed by atoms with van der Waals surface area (Å²) in [5.41, 5.74) is 8.06. The van der Waals surface area contributed by atoms with Gasteiger partial charge in [-0.2, -0.15) is 0 Å². The third kappa shape index (κ3) is 2.87. The molecule has 0 unspecified atom stereocenters. The molecule has 0 amide bonds. The predicted octanol–water partition coefficient (Wildman–Crippen LogP) is 2.88. The summed E-state index contributed by atoms with van der Waals surface area (Å²) in [4.78, 5) is 0. The van der Waals surface area contributed by atoms with Crippen LogP contribution in [0.3, 0.4) is 0 Å². The van der Waals surface area contributed by atoms with Crippen molar-refractivity contribution >= 4 is 5.88 Å². The van der Waals surface area contributed by atoms with Crippen molar-refractivity contribution in [2.24, 2.45) is 0 Å². The molecule has 17 heavy (non-hydrogen) atoms. The van der Waals surface area contributed by atoms with Crippen LogP contribution in [0.15, 0.2) is 47.0 Å². The fraction of sp³-hybridized carbons (Fsp3) is 0.154. The Labute approximate surface area is 99.7 Å². The molecule has 4 heteroatoms. The van der Waals surface area contributed by atoms with E-state index in [9.17, 15) is 0 Å². The molecule has 2 rings (SSSR count). The van der Waals surface area contributed by atoms with Crippen LogP contribution in [0, 0.1) is 0 Å². The molecule has 1 aromatic heterocycles. The van der Waals surface area contributed by atoms with Crippen LogP contribution in [-0.2, 0) is 0 Å². The first-order valence-electron chi connectivity index (χ1n) is 5.25. The first kappa shape index (κ1) is 11.3. The number of anilines is 1. The summed E-state index contributed by atoms with van der Waals surface area (Å²) in [6.45, 7) is 6.21. The number of hydrogen-bond acceptors (Lipinski definition) is 4. The topological polar surface area (TPSA) is 61.3 Å². The molecule has 0 saturated carbocycles. The van der Waals surface area contributed by atoms with Crippen LogP contribution in [0.4, 0.5) is 5.88 Å². The molecule has 0 radical (unpaired) electrons. The Morgan fingerprint density at radius 1 is 1.47 bits per heavy atom. The van der Waals surface area contributed by atoms with Gasteiger partial charge >= 0.3 is 0 Å². The lowest BCUT2D eigenvalue weighted by Crippen LogP contribution is -1.97. The highest BCUT2D eigenvalue weighted by molar-refractivity contribution is 5.62. The van der Waals surface area contributed by atoms with Crippen molar-refractivity contribution in [2.45, 2.75) is 6.92 Å². The maximum atomic E-state index is 5.55. The predicted molar refractivity (Wildman–Crippen MR) is 66.7 cm³/mol. The van der Waals surface area contributed by atoms with E-state index in [1.807, 2.05) is 31.2 Å². The molecule has 4 nitrogen and oxygen atoms in total. The Kier molecular flexibility index (Phi) is 3.14. The number of aromatic nitrogens is 1. The van der Waals surface area contributed by atoms with Crippen LogP contribution < -0.4 is 10.5 Å². The van der Waals surface area contributed by atoms with E-state index in [0.717, 1.165) is 16.9 Å². The number of ether oxygens (including phenoxy) is 1. The zero-order chi connectivity index (χ0) is 12.3. The molecule has 1 heterocycles. The number of nitrogens with zero attached hydrogens (tertiary/aromatic N) is 1. The van der Waals surface area contributed by atoms with Crippen LogP contribution >= 0.6 is 0 Å². The largest absolute Gasteiger partial charge is 0.489 e. The van der Waals surface area contributed by atoms with Crippen LogP contribution in [0.25, 0.3) is 11.3 Å². The van der Waals surface area contributed by atoms with Crippen LogP contribution in [0.1, 0.15) is 6.92 Å². The second-order valence-electron chi connectivity index (χ2n) is 3.89. The number of hydrogen-bond donors (Lipinski definition) is 1. The van der Waals surface area contributed by atoms with Crippen molar-refractivity contribution < 1.29 is 9.26 Å². The number of benzene rings is 1. The summed E-state index contributed by atoms with van der Waals surface area (Å²) in [6, 6.07) is 9.27. The molecule has 0 fully saturated rings. The van der Waals surface area contributed by atoms with Crippen molar-refractivity contribution in [3.05, 3.63) is 42.5 Å². The summed E-state index contributed by atoms with van der Waals surface area (Å²) in [6.07, 6.45) is 0. The molecular weight excluding hydrogens is 216 g/mol. The lowest BCUT2D eigenvalue weighted by atomic mass is 10.1. The normalized spacial score (nSPS) is 10.2. The van der Waals surface area contributed by atoms with Crippen molar-refractivity contribution in [1.82, 2.24) is 5.16 Å². The van der Waals surface area contributed by atoms with Gasteiger partial charge in [0, 0.05) is 11.6 Å². The van der Waals surface area contributed by atoms with E-state index < -0.39 is 0 Å². The minimum absolute atomic E-state index is 0.299. The lowest BCUT2D eigenvalue weighted by Gasteiger charge is -2.06. The molecular formula is C13H14N2O2. The fourth-order valence-corrected chi connectivity index (χ4v) is 1.38. The van der Waals surface area contributed by atoms with Gasteiger partial charge in [0.1, 0.15) is 18.1 Å². The maximum Gasteiger partial charge on any atom is 0.222 e. The van der Waals surface area contributed by atoms with Gasteiger partial charge in [0.25, 0.3) is 0 Å². The summed E-state index contributed by atoms with van der Waals surface area (Å²) in [7, 11) is 0. The van der Waals surface area contributed by atoms with Crippen molar-refractivity contribution in [3.8, 4) is 17.0 Å². The van der Waals surface area contributed by atoms with Crippen molar-refractivity contribution in [1.29, 1.82) is 0 Å². The third-order valence-corrected chi connectivity index (χ3v) is 2.14. The maximum absolute atomic E-state index is 5.55. The smallest absolute Gasteiger partial charge is 0.222 e. The second kappa shape index (κ2) is 4.74. The fourth-order valence-electron chi connectivity index (χ4n) is 1.38. The average molecular weight is 230 g/mol. The Bertz CT molecular complexity index is 532. The average Bonchev–Trinajstić information content (AvgIpc) is 2.74. The highest BCUT2D eigenvalue weighted by Gasteiger charge is 2.05. The molecule has 0 bridgehead atoms. The summed E-state index contributed by atoms with van der Waals surface area (Å²) < 4.78 is 10.4. The van der Waals surface area contributed by atoms with Gasteiger partial charge in [-0.25, -0.2) is 0 Å². The highest BCUT2D eigenvalue weighted by atomic mass is 16.5. The third-order valence-electron chi connectivity index (χ3n) is 2.14. The Hall–Kier alpha value is -2.23. The molecule has 0 aliphatic heterocycles. The van der Waals surface area contributed by atoms with Gasteiger partial charge < -0.3 is 15.0 Å². The van der Waals surface area contributed by atoms with Crippen molar-refractivity contribution in [3.63, 3.8) is 0 Å². The van der Waals surface area contributed by atoms with Gasteiger partial charge in [0.05, 0.1) is 0 Å². The molecule has 0 aliphatic rings. The van der Waals surface area contributed by atoms with Crippen LogP contribution in [0.2, 0.25) is 0 Å². The quantitative estimate of drug-likeness (QED) is 0.820. The zero-order valence-corrected chi connectivity index (χ0v) is 9.64. The number of rotatable bonds is 4. The van der Waals surface area contributed by atoms with E-state index in [-0.39, 0.29) is 0 Å². The van der Waals surface area contributed by atoms with Crippen molar-refractivity contribution in [2.75, 3.05) is 12.3 Å². The van der Waals surface area contributed by atoms with E-state index in [2.05, 4.69) is 11.7 Å². The minimum Gasteiger partial charge on any atom is -0.489 e. The number of nitrogens with two attached hydrogens (primary N) is 1. The van der Waals surface area contributed by atoms with E-state index in [0.29, 0.717) is 18.2 Å².